The molecule has 3 N–H and O–H groups in total. The standard InChI is InChI=1S/C12H12IN5O/c1-7-3-2-4-10(15-7)16-9-5-8(6-13)17-18-11(9)12(14)19/h2-5H,6H2,1H3,(H2,14,19)(H,15,16,17). The van der Waals surface area contributed by atoms with Crippen molar-refractivity contribution < 1.29 is 4.79 Å². The number of alkyl halides is 1. The Kier molecular flexibility index (Phi) is 4.25. The van der Waals surface area contributed by atoms with Gasteiger partial charge in [0, 0.05) is 10.1 Å². The maximum Gasteiger partial charge on any atom is 0.271 e. The van der Waals surface area contributed by atoms with Gasteiger partial charge in [0.25, 0.3) is 5.91 Å². The summed E-state index contributed by atoms with van der Waals surface area (Å²) in [7, 11) is 0. The van der Waals surface area contributed by atoms with Crippen molar-refractivity contribution in [3.05, 3.63) is 41.3 Å². The van der Waals surface area contributed by atoms with E-state index in [1.807, 2.05) is 25.1 Å². The number of carbonyl (C=O) groups is 1. The van der Waals surface area contributed by atoms with Crippen LogP contribution in [0.2, 0.25) is 0 Å². The molecule has 0 aliphatic carbocycles. The lowest BCUT2D eigenvalue weighted by Gasteiger charge is -2.09. The molecule has 2 rings (SSSR count). The molecule has 0 radical (unpaired) electrons. The molecule has 0 aliphatic heterocycles. The predicted octanol–water partition coefficient (Wildman–Crippen LogP) is 1.96. The number of amides is 1. The van der Waals surface area contributed by atoms with E-state index in [1.54, 1.807) is 6.07 Å². The van der Waals surface area contributed by atoms with E-state index in [4.69, 9.17) is 5.73 Å². The number of aryl methyl sites for hydroxylation is 1. The lowest BCUT2D eigenvalue weighted by molar-refractivity contribution is 0.0995. The number of pyridine rings is 1. The van der Waals surface area contributed by atoms with E-state index in [-0.39, 0.29) is 5.69 Å². The smallest absolute Gasteiger partial charge is 0.271 e. The van der Waals surface area contributed by atoms with Crippen molar-refractivity contribution in [2.75, 3.05) is 5.32 Å². The van der Waals surface area contributed by atoms with Gasteiger partial charge in [-0.15, -0.1) is 5.10 Å². The normalized spacial score (nSPS) is 10.2. The number of anilines is 2. The van der Waals surface area contributed by atoms with E-state index < -0.39 is 5.91 Å². The summed E-state index contributed by atoms with van der Waals surface area (Å²) in [4.78, 5) is 15.6. The zero-order valence-electron chi connectivity index (χ0n) is 10.2. The molecule has 2 aromatic heterocycles. The quantitative estimate of drug-likeness (QED) is 0.635. The Bertz CT molecular complexity index is 617. The highest BCUT2D eigenvalue weighted by molar-refractivity contribution is 14.1. The van der Waals surface area contributed by atoms with Gasteiger partial charge in [-0.05, 0) is 25.1 Å². The van der Waals surface area contributed by atoms with E-state index in [0.29, 0.717) is 15.9 Å². The highest BCUT2D eigenvalue weighted by atomic mass is 127. The van der Waals surface area contributed by atoms with Gasteiger partial charge >= 0.3 is 0 Å². The fourth-order valence-electron chi connectivity index (χ4n) is 1.53. The van der Waals surface area contributed by atoms with Crippen molar-refractivity contribution in [1.29, 1.82) is 0 Å². The number of hydrogen-bond acceptors (Lipinski definition) is 5. The van der Waals surface area contributed by atoms with Crippen LogP contribution in [0.4, 0.5) is 11.5 Å². The molecule has 0 aliphatic rings. The summed E-state index contributed by atoms with van der Waals surface area (Å²) < 4.78 is 0.694. The summed E-state index contributed by atoms with van der Waals surface area (Å²) in [5.74, 6) is 0.0116. The third-order valence-electron chi connectivity index (χ3n) is 2.37. The van der Waals surface area contributed by atoms with Crippen LogP contribution in [0.3, 0.4) is 0 Å². The lowest BCUT2D eigenvalue weighted by Crippen LogP contribution is -2.17. The average molecular weight is 369 g/mol. The molecule has 6 nitrogen and oxygen atoms in total. The second-order valence-corrected chi connectivity index (χ2v) is 4.65. The Morgan fingerprint density at radius 2 is 2.21 bits per heavy atom. The molecule has 0 spiro atoms. The Hall–Kier alpha value is -1.77. The molecule has 0 saturated heterocycles. The summed E-state index contributed by atoms with van der Waals surface area (Å²) >= 11 is 2.17. The van der Waals surface area contributed by atoms with E-state index in [2.05, 4.69) is 43.1 Å². The van der Waals surface area contributed by atoms with Crippen LogP contribution < -0.4 is 11.1 Å². The minimum atomic E-state index is -0.623. The van der Waals surface area contributed by atoms with Gasteiger partial charge in [0.2, 0.25) is 0 Å². The van der Waals surface area contributed by atoms with Gasteiger partial charge < -0.3 is 11.1 Å². The number of halogens is 1. The molecular weight excluding hydrogens is 357 g/mol. The van der Waals surface area contributed by atoms with E-state index in [0.717, 1.165) is 11.4 Å². The van der Waals surface area contributed by atoms with Crippen LogP contribution >= 0.6 is 22.6 Å². The van der Waals surface area contributed by atoms with Crippen LogP contribution in [0, 0.1) is 6.92 Å². The molecule has 2 heterocycles. The largest absolute Gasteiger partial charge is 0.364 e. The first kappa shape index (κ1) is 13.7. The van der Waals surface area contributed by atoms with E-state index in [1.165, 1.54) is 0 Å². The van der Waals surface area contributed by atoms with E-state index in [9.17, 15) is 4.79 Å². The summed E-state index contributed by atoms with van der Waals surface area (Å²) in [5, 5.41) is 10.8. The molecule has 0 aromatic carbocycles. The number of carbonyl (C=O) groups excluding carboxylic acids is 1. The zero-order valence-corrected chi connectivity index (χ0v) is 12.4. The maximum absolute atomic E-state index is 11.3. The van der Waals surface area contributed by atoms with Gasteiger partial charge in [-0.3, -0.25) is 4.79 Å². The molecule has 7 heteroatoms. The Morgan fingerprint density at radius 3 is 2.84 bits per heavy atom. The molecule has 98 valence electrons. The molecule has 0 bridgehead atoms. The predicted molar refractivity (Wildman–Crippen MR) is 80.5 cm³/mol. The maximum atomic E-state index is 11.3. The van der Waals surface area contributed by atoms with Crippen LogP contribution in [0.15, 0.2) is 24.3 Å². The van der Waals surface area contributed by atoms with Crippen LogP contribution in [0.5, 0.6) is 0 Å². The van der Waals surface area contributed by atoms with Crippen molar-refractivity contribution in [3.8, 4) is 0 Å². The molecule has 0 unspecified atom stereocenters. The lowest BCUT2D eigenvalue weighted by atomic mass is 10.2. The van der Waals surface area contributed by atoms with Crippen LogP contribution in [0.1, 0.15) is 21.9 Å². The van der Waals surface area contributed by atoms with Gasteiger partial charge in [-0.1, -0.05) is 28.7 Å². The number of nitrogens with two attached hydrogens (primary N) is 1. The zero-order chi connectivity index (χ0) is 13.8. The van der Waals surface area contributed by atoms with Gasteiger partial charge in [0.15, 0.2) is 5.69 Å². The number of rotatable bonds is 4. The third-order valence-corrected chi connectivity index (χ3v) is 3.15. The second-order valence-electron chi connectivity index (χ2n) is 3.89. The average Bonchev–Trinajstić information content (AvgIpc) is 2.38. The van der Waals surface area contributed by atoms with Crippen molar-refractivity contribution in [2.45, 2.75) is 11.4 Å². The molecule has 2 aromatic rings. The number of aromatic nitrogens is 3. The van der Waals surface area contributed by atoms with Gasteiger partial charge in [-0.2, -0.15) is 5.10 Å². The molecule has 1 amide bonds. The summed E-state index contributed by atoms with van der Waals surface area (Å²) in [5.41, 5.74) is 7.56. The number of nitrogens with one attached hydrogen (secondary N) is 1. The Labute approximate surface area is 124 Å². The highest BCUT2D eigenvalue weighted by Crippen LogP contribution is 2.19. The fraction of sp³-hybridized carbons (Fsp3) is 0.167. The molecule has 0 fully saturated rings. The van der Waals surface area contributed by atoms with Gasteiger partial charge in [0.1, 0.15) is 5.82 Å². The summed E-state index contributed by atoms with van der Waals surface area (Å²) in [6.45, 7) is 1.89. The fourth-order valence-corrected chi connectivity index (χ4v) is 1.90. The highest BCUT2D eigenvalue weighted by Gasteiger charge is 2.12. The van der Waals surface area contributed by atoms with Gasteiger partial charge in [0.05, 0.1) is 11.4 Å². The summed E-state index contributed by atoms with van der Waals surface area (Å²) in [6, 6.07) is 7.33. The monoisotopic (exact) mass is 369 g/mol. The molecule has 0 atom stereocenters. The van der Waals surface area contributed by atoms with E-state index >= 15 is 0 Å². The van der Waals surface area contributed by atoms with Crippen molar-refractivity contribution >= 4 is 40.0 Å². The first-order valence-electron chi connectivity index (χ1n) is 5.53. The SMILES string of the molecule is Cc1cccc(Nc2cc(CI)nnc2C(N)=O)n1. The van der Waals surface area contributed by atoms with Crippen LogP contribution in [-0.2, 0) is 4.43 Å². The minimum absolute atomic E-state index is 0.108. The third kappa shape index (κ3) is 3.37. The number of hydrogen-bond donors (Lipinski definition) is 2. The summed E-state index contributed by atoms with van der Waals surface area (Å²) in [6.07, 6.45) is 0. The Morgan fingerprint density at radius 1 is 1.42 bits per heavy atom. The van der Waals surface area contributed by atoms with Gasteiger partial charge in [-0.25, -0.2) is 4.98 Å². The minimum Gasteiger partial charge on any atom is -0.364 e. The van der Waals surface area contributed by atoms with Crippen LogP contribution in [-0.4, -0.2) is 21.1 Å². The van der Waals surface area contributed by atoms with Crippen molar-refractivity contribution in [3.63, 3.8) is 0 Å². The number of primary amides is 1. The first-order chi connectivity index (χ1) is 9.10. The number of nitrogens with zero attached hydrogens (tertiary/aromatic N) is 3. The second kappa shape index (κ2) is 5.91. The Balaban J connectivity index is 2.39. The first-order valence-corrected chi connectivity index (χ1v) is 7.05. The topological polar surface area (TPSA) is 93.8 Å². The van der Waals surface area contributed by atoms with Crippen molar-refractivity contribution in [2.24, 2.45) is 5.73 Å². The molecule has 0 saturated carbocycles. The van der Waals surface area contributed by atoms with Crippen LogP contribution in [0.25, 0.3) is 0 Å². The molecular formula is C12H12IN5O. The van der Waals surface area contributed by atoms with Crippen molar-refractivity contribution in [1.82, 2.24) is 15.2 Å². The molecule has 19 heavy (non-hydrogen) atoms.